The van der Waals surface area contributed by atoms with E-state index in [1.165, 1.54) is 40.0 Å². The molecule has 0 N–H and O–H groups in total. The lowest BCUT2D eigenvalue weighted by Crippen LogP contribution is -2.22. The summed E-state index contributed by atoms with van der Waals surface area (Å²) in [5.41, 5.74) is 2.68. The fourth-order valence-corrected chi connectivity index (χ4v) is 3.40. The molecule has 0 aliphatic carbocycles. The van der Waals surface area contributed by atoms with Crippen LogP contribution in [0.25, 0.3) is 0 Å². The van der Waals surface area contributed by atoms with Crippen molar-refractivity contribution in [3.8, 4) is 5.75 Å². The Morgan fingerprint density at radius 2 is 1.86 bits per heavy atom. The van der Waals surface area contributed by atoms with Crippen LogP contribution in [-0.4, -0.2) is 21.5 Å². The minimum Gasteiger partial charge on any atom is -0.466 e. The molecule has 0 unspecified atom stereocenters. The Labute approximate surface area is 151 Å². The third kappa shape index (κ3) is 7.97. The number of ether oxygens (including phenoxy) is 2. The number of unbranched alkanes of at least 4 members (excludes halogenated alkanes) is 2. The highest BCUT2D eigenvalue weighted by Gasteiger charge is 2.12. The number of halogens is 1. The first-order chi connectivity index (χ1) is 10.3. The van der Waals surface area contributed by atoms with E-state index in [0.717, 1.165) is 18.8 Å². The summed E-state index contributed by atoms with van der Waals surface area (Å²) in [4.78, 5) is 0. The van der Waals surface area contributed by atoms with Gasteiger partial charge in [0.1, 0.15) is 5.75 Å². The van der Waals surface area contributed by atoms with E-state index in [9.17, 15) is 0 Å². The van der Waals surface area contributed by atoms with Gasteiger partial charge in [-0.1, -0.05) is 45.5 Å². The lowest BCUT2D eigenvalue weighted by molar-refractivity contribution is 0.0214. The highest BCUT2D eigenvalue weighted by atomic mass is 127. The van der Waals surface area contributed by atoms with Gasteiger partial charge in [-0.25, -0.2) is 0 Å². The van der Waals surface area contributed by atoms with E-state index in [1.807, 2.05) is 0 Å². The predicted molar refractivity (Wildman–Crippen MR) is 107 cm³/mol. The van der Waals surface area contributed by atoms with E-state index in [2.05, 4.69) is 68.2 Å². The normalized spacial score (nSPS) is 11.7. The largest absolute Gasteiger partial charge is 0.466 e. The van der Waals surface area contributed by atoms with Gasteiger partial charge in [-0.05, 0) is 65.6 Å². The molecule has 0 saturated carbocycles. The van der Waals surface area contributed by atoms with Crippen molar-refractivity contribution in [3.05, 3.63) is 26.8 Å². The van der Waals surface area contributed by atoms with Crippen LogP contribution in [0.15, 0.2) is 12.1 Å². The molecule has 22 heavy (non-hydrogen) atoms. The molecule has 0 amide bonds. The quantitative estimate of drug-likeness (QED) is 0.194. The number of benzene rings is 1. The van der Waals surface area contributed by atoms with Gasteiger partial charge in [0.15, 0.2) is 6.79 Å². The molecule has 126 valence electrons. The summed E-state index contributed by atoms with van der Waals surface area (Å²) in [6.07, 6.45) is 4.94. The maximum absolute atomic E-state index is 5.87. The van der Waals surface area contributed by atoms with Crippen LogP contribution in [0.1, 0.15) is 37.3 Å². The van der Waals surface area contributed by atoms with Crippen LogP contribution in [0.3, 0.4) is 0 Å². The first kappa shape index (κ1) is 20.0. The van der Waals surface area contributed by atoms with Crippen LogP contribution in [0.4, 0.5) is 0 Å². The SMILES string of the molecule is CCCCCc1cc(C)c(I)c(OCOCC[Si](C)(C)C)c1. The van der Waals surface area contributed by atoms with Crippen LogP contribution < -0.4 is 4.74 Å². The summed E-state index contributed by atoms with van der Waals surface area (Å²) < 4.78 is 12.7. The molecule has 0 aromatic heterocycles. The minimum absolute atomic E-state index is 0.359. The molecule has 0 spiro atoms. The van der Waals surface area contributed by atoms with E-state index < -0.39 is 8.07 Å². The Balaban J connectivity index is 2.50. The van der Waals surface area contributed by atoms with Crippen molar-refractivity contribution in [2.45, 2.75) is 65.2 Å². The van der Waals surface area contributed by atoms with Gasteiger partial charge < -0.3 is 9.47 Å². The summed E-state index contributed by atoms with van der Waals surface area (Å²) in [6.45, 7) is 12.7. The fourth-order valence-electron chi connectivity index (χ4n) is 2.18. The lowest BCUT2D eigenvalue weighted by atomic mass is 10.0. The maximum Gasteiger partial charge on any atom is 0.189 e. The summed E-state index contributed by atoms with van der Waals surface area (Å²) in [5, 5.41) is 0. The molecular weight excluding hydrogens is 403 g/mol. The molecule has 0 aliphatic rings. The highest BCUT2D eigenvalue weighted by Crippen LogP contribution is 2.27. The van der Waals surface area contributed by atoms with Crippen molar-refractivity contribution >= 4 is 30.7 Å². The number of hydrogen-bond acceptors (Lipinski definition) is 2. The average Bonchev–Trinajstić information content (AvgIpc) is 2.42. The van der Waals surface area contributed by atoms with Gasteiger partial charge in [0.05, 0.1) is 3.57 Å². The first-order valence-corrected chi connectivity index (χ1v) is 13.1. The van der Waals surface area contributed by atoms with Crippen molar-refractivity contribution in [2.75, 3.05) is 13.4 Å². The van der Waals surface area contributed by atoms with Gasteiger partial charge in [-0.15, -0.1) is 0 Å². The zero-order chi connectivity index (χ0) is 16.6. The lowest BCUT2D eigenvalue weighted by Gasteiger charge is -2.16. The molecule has 0 aliphatic heterocycles. The molecule has 0 atom stereocenters. The van der Waals surface area contributed by atoms with Crippen molar-refractivity contribution < 1.29 is 9.47 Å². The van der Waals surface area contributed by atoms with Crippen molar-refractivity contribution in [1.29, 1.82) is 0 Å². The smallest absolute Gasteiger partial charge is 0.189 e. The Hall–Kier alpha value is -0.0731. The molecule has 0 fully saturated rings. The first-order valence-electron chi connectivity index (χ1n) is 8.33. The van der Waals surface area contributed by atoms with Gasteiger partial charge >= 0.3 is 0 Å². The van der Waals surface area contributed by atoms with Crippen LogP contribution >= 0.6 is 22.6 Å². The number of aryl methyl sites for hydroxylation is 2. The Kier molecular flexibility index (Phi) is 9.02. The number of hydrogen-bond donors (Lipinski definition) is 0. The summed E-state index contributed by atoms with van der Waals surface area (Å²) in [5.74, 6) is 0.972. The molecular formula is C18H31IO2Si. The van der Waals surface area contributed by atoms with Crippen LogP contribution in [0.5, 0.6) is 5.75 Å². The molecule has 2 nitrogen and oxygen atoms in total. The minimum atomic E-state index is -1.02. The van der Waals surface area contributed by atoms with E-state index >= 15 is 0 Å². The predicted octanol–water partition coefficient (Wildman–Crippen LogP) is 6.02. The maximum atomic E-state index is 5.87. The topological polar surface area (TPSA) is 18.5 Å². The van der Waals surface area contributed by atoms with Gasteiger partial charge in [0, 0.05) is 14.7 Å². The third-order valence-electron chi connectivity index (χ3n) is 3.64. The summed E-state index contributed by atoms with van der Waals surface area (Å²) >= 11 is 2.37. The molecule has 1 aromatic rings. The van der Waals surface area contributed by atoms with Gasteiger partial charge in [-0.2, -0.15) is 0 Å². The fraction of sp³-hybridized carbons (Fsp3) is 0.667. The Morgan fingerprint density at radius 1 is 1.14 bits per heavy atom. The summed E-state index contributed by atoms with van der Waals surface area (Å²) in [6, 6.07) is 5.66. The molecule has 0 heterocycles. The molecule has 0 bridgehead atoms. The average molecular weight is 434 g/mol. The van der Waals surface area contributed by atoms with Crippen LogP contribution in [0.2, 0.25) is 25.7 Å². The van der Waals surface area contributed by atoms with E-state index in [4.69, 9.17) is 9.47 Å². The van der Waals surface area contributed by atoms with Gasteiger partial charge in [-0.3, -0.25) is 0 Å². The zero-order valence-electron chi connectivity index (χ0n) is 14.8. The third-order valence-corrected chi connectivity index (χ3v) is 6.73. The van der Waals surface area contributed by atoms with Crippen molar-refractivity contribution in [1.82, 2.24) is 0 Å². The van der Waals surface area contributed by atoms with Crippen LogP contribution in [0, 0.1) is 10.5 Å². The Morgan fingerprint density at radius 3 is 2.50 bits per heavy atom. The number of rotatable bonds is 10. The van der Waals surface area contributed by atoms with Crippen LogP contribution in [-0.2, 0) is 11.2 Å². The van der Waals surface area contributed by atoms with E-state index in [1.54, 1.807) is 0 Å². The molecule has 0 radical (unpaired) electrons. The highest BCUT2D eigenvalue weighted by molar-refractivity contribution is 14.1. The second-order valence-corrected chi connectivity index (χ2v) is 13.9. The second-order valence-electron chi connectivity index (χ2n) is 7.16. The van der Waals surface area contributed by atoms with Gasteiger partial charge in [0.25, 0.3) is 0 Å². The van der Waals surface area contributed by atoms with E-state index in [-0.39, 0.29) is 0 Å². The summed E-state index contributed by atoms with van der Waals surface area (Å²) in [7, 11) is -1.02. The zero-order valence-corrected chi connectivity index (χ0v) is 18.0. The monoisotopic (exact) mass is 434 g/mol. The molecule has 1 rings (SSSR count). The van der Waals surface area contributed by atoms with Crippen molar-refractivity contribution in [3.63, 3.8) is 0 Å². The van der Waals surface area contributed by atoms with Crippen molar-refractivity contribution in [2.24, 2.45) is 0 Å². The second kappa shape index (κ2) is 9.93. The van der Waals surface area contributed by atoms with Gasteiger partial charge in [0.2, 0.25) is 0 Å². The standard InChI is InChI=1S/C18H31IO2Si/c1-6-7-8-9-16-12-15(2)18(19)17(13-16)21-14-20-10-11-22(3,4)5/h12-13H,6-11,14H2,1-5H3. The Bertz CT molecular complexity index is 455. The molecule has 0 saturated heterocycles. The molecule has 1 aromatic carbocycles. The van der Waals surface area contributed by atoms with E-state index in [0.29, 0.717) is 6.79 Å². The molecule has 4 heteroatoms.